The van der Waals surface area contributed by atoms with Crippen LogP contribution in [0.15, 0.2) is 29.0 Å². The smallest absolute Gasteiger partial charge is 0.302 e. The van der Waals surface area contributed by atoms with Crippen molar-refractivity contribution in [3.8, 4) is 17.0 Å². The van der Waals surface area contributed by atoms with E-state index in [2.05, 4.69) is 25.9 Å². The number of nitrogens with zero attached hydrogens (tertiary/aromatic N) is 3. The molecule has 6 nitrogen and oxygen atoms in total. The van der Waals surface area contributed by atoms with E-state index in [1.165, 1.54) is 25.4 Å². The minimum absolute atomic E-state index is 0.0631. The van der Waals surface area contributed by atoms with Gasteiger partial charge in [0.25, 0.3) is 0 Å². The van der Waals surface area contributed by atoms with Crippen LogP contribution in [0, 0.1) is 16.1 Å². The third-order valence-corrected chi connectivity index (χ3v) is 2.93. The van der Waals surface area contributed by atoms with Gasteiger partial charge in [0.05, 0.1) is 17.6 Å². The summed E-state index contributed by atoms with van der Waals surface area (Å²) in [4.78, 5) is 17.7. The first-order valence-corrected chi connectivity index (χ1v) is 5.83. The second-order valence-corrected chi connectivity index (χ2v) is 4.23. The number of hydrogen-bond acceptors (Lipinski definition) is 5. The third-order valence-electron chi connectivity index (χ3n) is 2.35. The van der Waals surface area contributed by atoms with E-state index in [-0.39, 0.29) is 16.2 Å². The Bertz CT molecular complexity index is 634. The Balaban J connectivity index is 2.63. The number of aromatic nitrogens is 2. The number of pyridine rings is 2. The summed E-state index contributed by atoms with van der Waals surface area (Å²) in [7, 11) is 1.39. The van der Waals surface area contributed by atoms with Crippen LogP contribution in [-0.4, -0.2) is 22.0 Å². The Morgan fingerprint density at radius 1 is 1.47 bits per heavy atom. The molecular formula is C11H7BrFN3O3. The first-order chi connectivity index (χ1) is 9.02. The zero-order valence-electron chi connectivity index (χ0n) is 9.63. The fraction of sp³-hybridized carbons (Fsp3) is 0.0909. The van der Waals surface area contributed by atoms with Gasteiger partial charge in [-0.15, -0.1) is 0 Å². The van der Waals surface area contributed by atoms with Crippen LogP contribution in [0.3, 0.4) is 0 Å². The van der Waals surface area contributed by atoms with Gasteiger partial charge in [-0.3, -0.25) is 10.1 Å². The topological polar surface area (TPSA) is 78.2 Å². The molecule has 8 heteroatoms. The van der Waals surface area contributed by atoms with E-state index in [0.717, 1.165) is 6.07 Å². The van der Waals surface area contributed by atoms with Gasteiger partial charge in [-0.05, 0) is 28.1 Å². The normalized spacial score (nSPS) is 10.3. The van der Waals surface area contributed by atoms with Crippen LogP contribution < -0.4 is 4.74 Å². The maximum Gasteiger partial charge on any atom is 0.302 e. The Morgan fingerprint density at radius 3 is 2.74 bits per heavy atom. The first-order valence-electron chi connectivity index (χ1n) is 5.03. The molecule has 0 saturated heterocycles. The summed E-state index contributed by atoms with van der Waals surface area (Å²) >= 11 is 3.00. The summed E-state index contributed by atoms with van der Waals surface area (Å²) in [6, 6.07) is 3.90. The molecule has 0 aromatic carbocycles. The molecule has 98 valence electrons. The van der Waals surface area contributed by atoms with Crippen molar-refractivity contribution in [1.82, 2.24) is 9.97 Å². The molecule has 0 N–H and O–H groups in total. The molecule has 0 saturated carbocycles. The quantitative estimate of drug-likeness (QED) is 0.492. The highest BCUT2D eigenvalue weighted by atomic mass is 79.9. The van der Waals surface area contributed by atoms with Gasteiger partial charge in [0.1, 0.15) is 0 Å². The van der Waals surface area contributed by atoms with Gasteiger partial charge in [0.15, 0.2) is 4.60 Å². The lowest BCUT2D eigenvalue weighted by Gasteiger charge is -2.08. The van der Waals surface area contributed by atoms with Crippen LogP contribution in [0.5, 0.6) is 5.88 Å². The van der Waals surface area contributed by atoms with Crippen LogP contribution in [0.4, 0.5) is 10.1 Å². The molecule has 0 aliphatic carbocycles. The number of halogens is 2. The molecule has 19 heavy (non-hydrogen) atoms. The zero-order valence-corrected chi connectivity index (χ0v) is 11.2. The number of methoxy groups -OCH3 is 1. The Labute approximate surface area is 115 Å². The lowest BCUT2D eigenvalue weighted by Crippen LogP contribution is -1.98. The average Bonchev–Trinajstić information content (AvgIpc) is 2.39. The van der Waals surface area contributed by atoms with Crippen LogP contribution in [0.2, 0.25) is 0 Å². The van der Waals surface area contributed by atoms with Crippen LogP contribution in [0.25, 0.3) is 11.1 Å². The minimum Gasteiger partial charge on any atom is -0.481 e. The van der Waals surface area contributed by atoms with Gasteiger partial charge in [-0.25, -0.2) is 4.98 Å². The third kappa shape index (κ3) is 2.68. The molecule has 0 fully saturated rings. The van der Waals surface area contributed by atoms with Gasteiger partial charge in [0.2, 0.25) is 11.8 Å². The molecule has 2 aromatic rings. The van der Waals surface area contributed by atoms with Crippen molar-refractivity contribution in [2.45, 2.75) is 0 Å². The fourth-order valence-corrected chi connectivity index (χ4v) is 1.91. The first kappa shape index (κ1) is 13.3. The van der Waals surface area contributed by atoms with Crippen LogP contribution in [0.1, 0.15) is 0 Å². The maximum absolute atomic E-state index is 12.8. The van der Waals surface area contributed by atoms with Crippen LogP contribution in [-0.2, 0) is 0 Å². The molecule has 0 bridgehead atoms. The number of hydrogen-bond donors (Lipinski definition) is 0. The highest BCUT2D eigenvalue weighted by Gasteiger charge is 2.20. The Morgan fingerprint density at radius 2 is 2.21 bits per heavy atom. The van der Waals surface area contributed by atoms with Crippen molar-refractivity contribution in [3.05, 3.63) is 45.1 Å². The van der Waals surface area contributed by atoms with E-state index in [0.29, 0.717) is 11.1 Å². The summed E-state index contributed by atoms with van der Waals surface area (Å²) in [6.07, 6.45) is 1.26. The van der Waals surface area contributed by atoms with Gasteiger partial charge in [-0.1, -0.05) is 0 Å². The highest BCUT2D eigenvalue weighted by molar-refractivity contribution is 9.10. The molecule has 2 aromatic heterocycles. The van der Waals surface area contributed by atoms with Gasteiger partial charge >= 0.3 is 5.69 Å². The molecule has 0 aliphatic rings. The second-order valence-electron chi connectivity index (χ2n) is 3.48. The molecule has 0 amide bonds. The van der Waals surface area contributed by atoms with Gasteiger partial charge in [0, 0.05) is 17.8 Å². The zero-order chi connectivity index (χ0) is 14.0. The van der Waals surface area contributed by atoms with Crippen molar-refractivity contribution in [2.75, 3.05) is 7.11 Å². The molecule has 0 spiro atoms. The summed E-state index contributed by atoms with van der Waals surface area (Å²) in [5.41, 5.74) is 0.631. The van der Waals surface area contributed by atoms with Gasteiger partial charge < -0.3 is 4.74 Å². The number of rotatable bonds is 3. The predicted molar refractivity (Wildman–Crippen MR) is 68.3 cm³/mol. The molecule has 0 atom stereocenters. The van der Waals surface area contributed by atoms with Gasteiger partial charge in [-0.2, -0.15) is 9.37 Å². The molecule has 2 heterocycles. The van der Waals surface area contributed by atoms with E-state index < -0.39 is 10.9 Å². The van der Waals surface area contributed by atoms with Crippen molar-refractivity contribution < 1.29 is 14.1 Å². The molecule has 0 aliphatic heterocycles. The summed E-state index contributed by atoms with van der Waals surface area (Å²) in [6.45, 7) is 0. The number of ether oxygens (including phenoxy) is 1. The monoisotopic (exact) mass is 327 g/mol. The average molecular weight is 328 g/mol. The molecule has 0 unspecified atom stereocenters. The second kappa shape index (κ2) is 5.27. The molecule has 2 rings (SSSR count). The Kier molecular flexibility index (Phi) is 3.70. The van der Waals surface area contributed by atoms with Crippen molar-refractivity contribution in [2.24, 2.45) is 0 Å². The summed E-state index contributed by atoms with van der Waals surface area (Å²) in [5.74, 6) is -0.451. The summed E-state index contributed by atoms with van der Waals surface area (Å²) < 4.78 is 17.9. The highest BCUT2D eigenvalue weighted by Crippen LogP contribution is 2.35. The van der Waals surface area contributed by atoms with Crippen molar-refractivity contribution in [3.63, 3.8) is 0 Å². The van der Waals surface area contributed by atoms with Crippen molar-refractivity contribution >= 4 is 21.6 Å². The van der Waals surface area contributed by atoms with E-state index in [1.54, 1.807) is 0 Å². The SMILES string of the molecule is COc1nc(Br)c([N+](=O)[O-])cc1-c1ccc(F)nc1. The van der Waals surface area contributed by atoms with E-state index >= 15 is 0 Å². The summed E-state index contributed by atoms with van der Waals surface area (Å²) in [5, 5.41) is 10.9. The maximum atomic E-state index is 12.8. The number of nitro groups is 1. The van der Waals surface area contributed by atoms with E-state index in [9.17, 15) is 14.5 Å². The molecule has 0 radical (unpaired) electrons. The lowest BCUT2D eigenvalue weighted by atomic mass is 10.1. The van der Waals surface area contributed by atoms with E-state index in [1.807, 2.05) is 0 Å². The van der Waals surface area contributed by atoms with Crippen molar-refractivity contribution in [1.29, 1.82) is 0 Å². The minimum atomic E-state index is -0.637. The fourth-order valence-electron chi connectivity index (χ4n) is 1.49. The largest absolute Gasteiger partial charge is 0.481 e. The van der Waals surface area contributed by atoms with E-state index in [4.69, 9.17) is 4.74 Å². The lowest BCUT2D eigenvalue weighted by molar-refractivity contribution is -0.386. The molecular weight excluding hydrogens is 321 g/mol. The predicted octanol–water partition coefficient (Wildman–Crippen LogP) is 2.96. The van der Waals surface area contributed by atoms with Crippen LogP contribution >= 0.6 is 15.9 Å². The Hall–Kier alpha value is -2.09. The standard InChI is InChI=1S/C11H7BrFN3O3/c1-19-11-7(6-2-3-9(13)14-5-6)4-8(16(17)18)10(12)15-11/h2-5H,1H3.